The van der Waals surface area contributed by atoms with E-state index < -0.39 is 0 Å². The molecular weight excluding hydrogens is 504 g/mol. The third-order valence-corrected chi connectivity index (χ3v) is 5.99. The molecule has 0 unspecified atom stereocenters. The molecule has 4 rings (SSSR count). The Balaban J connectivity index is 1.75. The van der Waals surface area contributed by atoms with Gasteiger partial charge in [0.2, 0.25) is 11.9 Å². The first-order valence-corrected chi connectivity index (χ1v) is 12.2. The molecule has 0 aliphatic rings. The lowest BCUT2D eigenvalue weighted by Crippen LogP contribution is -2.29. The van der Waals surface area contributed by atoms with E-state index in [4.69, 9.17) is 21.3 Å². The van der Waals surface area contributed by atoms with Crippen molar-refractivity contribution in [1.82, 2.24) is 24.8 Å². The topological polar surface area (TPSA) is 108 Å². The van der Waals surface area contributed by atoms with Crippen LogP contribution in [0.1, 0.15) is 0 Å². The predicted octanol–water partition coefficient (Wildman–Crippen LogP) is 4.61. The number of likely N-dealkylation sites (N-methyl/N-ethyl adjacent to an activating group) is 2. The van der Waals surface area contributed by atoms with E-state index >= 15 is 0 Å². The van der Waals surface area contributed by atoms with Crippen molar-refractivity contribution >= 4 is 51.4 Å². The van der Waals surface area contributed by atoms with Gasteiger partial charge in [0.15, 0.2) is 0 Å². The largest absolute Gasteiger partial charge is 0.494 e. The Kier molecular flexibility index (Phi) is 8.35. The second kappa shape index (κ2) is 11.8. The molecule has 0 aliphatic carbocycles. The maximum Gasteiger partial charge on any atom is 0.247 e. The van der Waals surface area contributed by atoms with Crippen molar-refractivity contribution in [1.29, 1.82) is 0 Å². The van der Waals surface area contributed by atoms with E-state index in [-0.39, 0.29) is 5.91 Å². The number of carbonyl (C=O) groups is 1. The van der Waals surface area contributed by atoms with Crippen LogP contribution in [0, 0.1) is 0 Å². The number of amides is 1. The van der Waals surface area contributed by atoms with Crippen LogP contribution in [0.4, 0.5) is 23.0 Å². The molecule has 38 heavy (non-hydrogen) atoms. The summed E-state index contributed by atoms with van der Waals surface area (Å²) in [6.07, 6.45) is 7.88. The number of rotatable bonds is 10. The number of carbonyl (C=O) groups excluding carboxylic acids is 1. The summed E-state index contributed by atoms with van der Waals surface area (Å²) in [5, 5.41) is 7.44. The summed E-state index contributed by atoms with van der Waals surface area (Å²) < 4.78 is 5.69. The zero-order chi connectivity index (χ0) is 27.2. The third-order valence-electron chi connectivity index (χ3n) is 5.78. The van der Waals surface area contributed by atoms with Gasteiger partial charge in [0.25, 0.3) is 0 Å². The molecular formula is C27H29ClN8O2. The minimum Gasteiger partial charge on any atom is -0.494 e. The Morgan fingerprint density at radius 3 is 2.63 bits per heavy atom. The summed E-state index contributed by atoms with van der Waals surface area (Å²) in [7, 11) is 7.56. The number of hydrogen-bond donors (Lipinski definition) is 2. The molecule has 0 fully saturated rings. The molecule has 3 heterocycles. The maximum atomic E-state index is 12.2. The fourth-order valence-electron chi connectivity index (χ4n) is 3.80. The second-order valence-corrected chi connectivity index (χ2v) is 9.23. The Bertz CT molecular complexity index is 1480. The number of nitrogens with one attached hydrogen (secondary N) is 2. The fourth-order valence-corrected chi connectivity index (χ4v) is 3.97. The van der Waals surface area contributed by atoms with E-state index in [1.54, 1.807) is 44.0 Å². The van der Waals surface area contributed by atoms with Gasteiger partial charge in [-0.05, 0) is 38.4 Å². The van der Waals surface area contributed by atoms with Crippen molar-refractivity contribution in [2.75, 3.05) is 56.9 Å². The standard InChI is InChI=1S/C27H29ClN8O2/c1-6-24(37)32-20-12-21(23(38-5)13-22(20)36(4)10-9-35(2)3)33-27-31-15-17-7-8-30-25(26(17)34-27)18-11-19(28)16-29-14-18/h6-8,11-16H,1,9-10H2,2-5H3,(H,32,37)(H,31,33,34). The molecule has 0 aliphatic heterocycles. The van der Waals surface area contributed by atoms with Crippen molar-refractivity contribution < 1.29 is 9.53 Å². The van der Waals surface area contributed by atoms with Crippen LogP contribution in [-0.2, 0) is 4.79 Å². The average Bonchev–Trinajstić information content (AvgIpc) is 2.91. The van der Waals surface area contributed by atoms with Crippen LogP contribution in [0.2, 0.25) is 5.02 Å². The molecule has 3 aromatic heterocycles. The molecule has 0 radical (unpaired) electrons. The monoisotopic (exact) mass is 532 g/mol. The van der Waals surface area contributed by atoms with Crippen LogP contribution in [-0.4, -0.2) is 72.1 Å². The van der Waals surface area contributed by atoms with E-state index in [9.17, 15) is 4.79 Å². The Morgan fingerprint density at radius 2 is 1.92 bits per heavy atom. The molecule has 11 heteroatoms. The highest BCUT2D eigenvalue weighted by Crippen LogP contribution is 2.38. The van der Waals surface area contributed by atoms with E-state index in [1.165, 1.54) is 6.08 Å². The number of fused-ring (bicyclic) bond motifs is 1. The van der Waals surface area contributed by atoms with Gasteiger partial charge in [-0.2, -0.15) is 0 Å². The van der Waals surface area contributed by atoms with Gasteiger partial charge in [-0.25, -0.2) is 9.97 Å². The van der Waals surface area contributed by atoms with Gasteiger partial charge in [0.1, 0.15) is 11.3 Å². The molecule has 0 atom stereocenters. The van der Waals surface area contributed by atoms with Gasteiger partial charge in [-0.1, -0.05) is 18.2 Å². The van der Waals surface area contributed by atoms with Crippen LogP contribution in [0.25, 0.3) is 22.2 Å². The van der Waals surface area contributed by atoms with Gasteiger partial charge >= 0.3 is 0 Å². The summed E-state index contributed by atoms with van der Waals surface area (Å²) in [6, 6.07) is 7.28. The number of nitrogens with zero attached hydrogens (tertiary/aromatic N) is 6. The molecule has 0 saturated carbocycles. The average molecular weight is 533 g/mol. The van der Waals surface area contributed by atoms with Gasteiger partial charge in [0, 0.05) is 61.9 Å². The normalized spacial score (nSPS) is 10.9. The minimum absolute atomic E-state index is 0.323. The summed E-state index contributed by atoms with van der Waals surface area (Å²) in [4.78, 5) is 34.3. The first kappa shape index (κ1) is 26.8. The molecule has 10 nitrogen and oxygen atoms in total. The van der Waals surface area contributed by atoms with E-state index in [0.717, 1.165) is 29.7 Å². The smallest absolute Gasteiger partial charge is 0.247 e. The van der Waals surface area contributed by atoms with Gasteiger partial charge in [0.05, 0.1) is 34.9 Å². The number of hydrogen-bond acceptors (Lipinski definition) is 9. The zero-order valence-electron chi connectivity index (χ0n) is 21.7. The van der Waals surface area contributed by atoms with E-state index in [2.05, 4.69) is 42.0 Å². The Hall–Kier alpha value is -4.28. The highest BCUT2D eigenvalue weighted by atomic mass is 35.5. The molecule has 1 amide bonds. The summed E-state index contributed by atoms with van der Waals surface area (Å²) >= 11 is 6.16. The van der Waals surface area contributed by atoms with Gasteiger partial charge < -0.3 is 25.2 Å². The predicted molar refractivity (Wildman–Crippen MR) is 153 cm³/mol. The number of benzene rings is 1. The maximum absolute atomic E-state index is 12.2. The highest BCUT2D eigenvalue weighted by molar-refractivity contribution is 6.30. The highest BCUT2D eigenvalue weighted by Gasteiger charge is 2.17. The van der Waals surface area contributed by atoms with Crippen molar-refractivity contribution in [3.05, 3.63) is 66.7 Å². The zero-order valence-corrected chi connectivity index (χ0v) is 22.5. The lowest BCUT2D eigenvalue weighted by atomic mass is 10.1. The Labute approximate surface area is 226 Å². The van der Waals surface area contributed by atoms with E-state index in [1.807, 2.05) is 33.3 Å². The lowest BCUT2D eigenvalue weighted by Gasteiger charge is -2.26. The first-order chi connectivity index (χ1) is 18.3. The van der Waals surface area contributed by atoms with Crippen LogP contribution in [0.3, 0.4) is 0 Å². The molecule has 0 spiro atoms. The summed E-state index contributed by atoms with van der Waals surface area (Å²) in [6.45, 7) is 5.14. The lowest BCUT2D eigenvalue weighted by molar-refractivity contribution is -0.111. The summed E-state index contributed by atoms with van der Waals surface area (Å²) in [5.41, 5.74) is 3.96. The number of anilines is 4. The number of halogens is 1. The van der Waals surface area contributed by atoms with Crippen LogP contribution < -0.4 is 20.3 Å². The number of pyridine rings is 2. The number of ether oxygens (including phenoxy) is 1. The van der Waals surface area contributed by atoms with E-state index in [0.29, 0.717) is 39.3 Å². The fraction of sp³-hybridized carbons (Fsp3) is 0.222. The molecule has 2 N–H and O–H groups in total. The van der Waals surface area contributed by atoms with Crippen molar-refractivity contribution in [3.8, 4) is 17.0 Å². The first-order valence-electron chi connectivity index (χ1n) is 11.8. The van der Waals surface area contributed by atoms with Crippen LogP contribution in [0.15, 0.2) is 61.7 Å². The van der Waals surface area contributed by atoms with Gasteiger partial charge in [-0.3, -0.25) is 14.8 Å². The van der Waals surface area contributed by atoms with Crippen molar-refractivity contribution in [2.45, 2.75) is 0 Å². The summed E-state index contributed by atoms with van der Waals surface area (Å²) in [5.74, 6) is 0.563. The Morgan fingerprint density at radius 1 is 1.11 bits per heavy atom. The van der Waals surface area contributed by atoms with Crippen molar-refractivity contribution in [2.24, 2.45) is 0 Å². The SMILES string of the molecule is C=CC(=O)Nc1cc(Nc2ncc3ccnc(-c4cncc(Cl)c4)c3n2)c(OC)cc1N(C)CCN(C)C. The number of aromatic nitrogens is 4. The van der Waals surface area contributed by atoms with Crippen LogP contribution >= 0.6 is 11.6 Å². The molecule has 0 bridgehead atoms. The quantitative estimate of drug-likeness (QED) is 0.283. The van der Waals surface area contributed by atoms with Crippen molar-refractivity contribution in [3.63, 3.8) is 0 Å². The minimum atomic E-state index is -0.323. The van der Waals surface area contributed by atoms with Gasteiger partial charge in [-0.15, -0.1) is 0 Å². The van der Waals surface area contributed by atoms with Crippen LogP contribution in [0.5, 0.6) is 5.75 Å². The second-order valence-electron chi connectivity index (χ2n) is 8.80. The third kappa shape index (κ3) is 6.16. The molecule has 4 aromatic rings. The molecule has 1 aromatic carbocycles. The molecule has 0 saturated heterocycles. The molecule has 196 valence electrons. The number of methoxy groups -OCH3 is 1.